The molecular formula is C20H24O4S. The van der Waals surface area contributed by atoms with Gasteiger partial charge in [0.25, 0.3) is 0 Å². The van der Waals surface area contributed by atoms with E-state index in [0.717, 1.165) is 66.7 Å². The maximum absolute atomic E-state index is 12.8. The lowest BCUT2D eigenvalue weighted by atomic mass is 9.89. The second-order valence-electron chi connectivity index (χ2n) is 7.25. The summed E-state index contributed by atoms with van der Waals surface area (Å²) < 4.78 is 5.70. The van der Waals surface area contributed by atoms with E-state index < -0.39 is 0 Å². The number of aliphatic hydroxyl groups is 1. The van der Waals surface area contributed by atoms with Gasteiger partial charge >= 0.3 is 5.63 Å². The number of fused-ring (bicyclic) bond motifs is 1. The summed E-state index contributed by atoms with van der Waals surface area (Å²) in [4.78, 5) is 14.7. The number of aryl methyl sites for hydroxylation is 1. The molecule has 4 rings (SSSR count). The van der Waals surface area contributed by atoms with Gasteiger partial charge < -0.3 is 14.6 Å². The van der Waals surface area contributed by atoms with Crippen molar-refractivity contribution >= 4 is 11.3 Å². The van der Waals surface area contributed by atoms with Gasteiger partial charge in [-0.1, -0.05) is 12.8 Å². The van der Waals surface area contributed by atoms with Gasteiger partial charge in [0, 0.05) is 27.7 Å². The van der Waals surface area contributed by atoms with E-state index in [1.165, 1.54) is 11.3 Å². The van der Waals surface area contributed by atoms with Crippen LogP contribution in [0.1, 0.15) is 71.1 Å². The van der Waals surface area contributed by atoms with Gasteiger partial charge in [-0.3, -0.25) is 0 Å². The Bertz CT molecular complexity index is 816. The summed E-state index contributed by atoms with van der Waals surface area (Å²) in [6.07, 6.45) is 7.97. The highest BCUT2D eigenvalue weighted by atomic mass is 32.1. The first-order valence-corrected chi connectivity index (χ1v) is 10.1. The molecule has 2 heterocycles. The molecule has 2 aromatic heterocycles. The van der Waals surface area contributed by atoms with Gasteiger partial charge in [-0.05, 0) is 50.2 Å². The van der Waals surface area contributed by atoms with Crippen LogP contribution in [0, 0.1) is 5.92 Å². The number of hydrogen-bond acceptors (Lipinski definition) is 5. The van der Waals surface area contributed by atoms with E-state index in [-0.39, 0.29) is 23.9 Å². The van der Waals surface area contributed by atoms with E-state index in [1.54, 1.807) is 0 Å². The van der Waals surface area contributed by atoms with Gasteiger partial charge in [0.1, 0.15) is 11.5 Å². The highest BCUT2D eigenvalue weighted by Crippen LogP contribution is 2.50. The molecule has 4 nitrogen and oxygen atoms in total. The Labute approximate surface area is 151 Å². The molecule has 2 aliphatic carbocycles. The van der Waals surface area contributed by atoms with E-state index in [1.807, 2.05) is 12.1 Å². The van der Waals surface area contributed by atoms with E-state index in [2.05, 4.69) is 0 Å². The van der Waals surface area contributed by atoms with Crippen LogP contribution in [-0.4, -0.2) is 10.2 Å². The van der Waals surface area contributed by atoms with Crippen molar-refractivity contribution in [1.82, 2.24) is 0 Å². The van der Waals surface area contributed by atoms with Crippen LogP contribution >= 0.6 is 11.3 Å². The van der Waals surface area contributed by atoms with Crippen molar-refractivity contribution in [2.45, 2.75) is 63.9 Å². The number of thiophene rings is 1. The molecule has 2 aromatic rings. The summed E-state index contributed by atoms with van der Waals surface area (Å²) in [5.74, 6) is 1.12. The Morgan fingerprint density at radius 3 is 2.60 bits per heavy atom. The van der Waals surface area contributed by atoms with E-state index in [9.17, 15) is 15.0 Å². The molecule has 5 heteroatoms. The van der Waals surface area contributed by atoms with Crippen molar-refractivity contribution < 1.29 is 14.6 Å². The van der Waals surface area contributed by atoms with E-state index in [0.29, 0.717) is 17.2 Å². The fourth-order valence-electron chi connectivity index (χ4n) is 3.98. The largest absolute Gasteiger partial charge is 0.507 e. The molecule has 0 spiro atoms. The lowest BCUT2D eigenvalue weighted by Gasteiger charge is -2.20. The minimum Gasteiger partial charge on any atom is -0.507 e. The standard InChI is InChI=1S/C20H24O4S/c21-11-13-9-10-16(25-13)17(12-7-8-12)18-19(22)14-5-3-1-2-4-6-15(14)24-20(18)23/h9-10,12,17,21-22H,1-8,11H2. The third-order valence-corrected chi connectivity index (χ3v) is 6.60. The second-order valence-corrected chi connectivity index (χ2v) is 8.44. The average Bonchev–Trinajstić information content (AvgIpc) is 3.30. The van der Waals surface area contributed by atoms with Crippen molar-refractivity contribution in [3.8, 4) is 5.75 Å². The fraction of sp³-hybridized carbons (Fsp3) is 0.550. The number of aromatic hydroxyl groups is 1. The summed E-state index contributed by atoms with van der Waals surface area (Å²) >= 11 is 1.52. The van der Waals surface area contributed by atoms with Gasteiger partial charge in [0.05, 0.1) is 12.2 Å². The molecule has 25 heavy (non-hydrogen) atoms. The molecule has 0 aliphatic heterocycles. The zero-order valence-corrected chi connectivity index (χ0v) is 15.1. The van der Waals surface area contributed by atoms with Crippen LogP contribution in [0.15, 0.2) is 21.3 Å². The summed E-state index contributed by atoms with van der Waals surface area (Å²) in [6.45, 7) is 0.00678. The normalized spacial score (nSPS) is 19.1. The third kappa shape index (κ3) is 3.27. The topological polar surface area (TPSA) is 70.7 Å². The van der Waals surface area contributed by atoms with Gasteiger partial charge in [-0.2, -0.15) is 0 Å². The number of rotatable bonds is 4. The quantitative estimate of drug-likeness (QED) is 0.861. The lowest BCUT2D eigenvalue weighted by molar-refractivity contribution is 0.285. The maximum Gasteiger partial charge on any atom is 0.343 e. The van der Waals surface area contributed by atoms with Crippen LogP contribution in [0.2, 0.25) is 0 Å². The molecule has 0 saturated heterocycles. The summed E-state index contributed by atoms with van der Waals surface area (Å²) in [5.41, 5.74) is 0.903. The predicted octanol–water partition coefficient (Wildman–Crippen LogP) is 4.10. The van der Waals surface area contributed by atoms with Gasteiger partial charge in [-0.15, -0.1) is 11.3 Å². The average molecular weight is 360 g/mol. The van der Waals surface area contributed by atoms with Crippen molar-refractivity contribution in [2.24, 2.45) is 5.92 Å². The first kappa shape index (κ1) is 16.9. The molecule has 134 valence electrons. The smallest absolute Gasteiger partial charge is 0.343 e. The van der Waals surface area contributed by atoms with Crippen LogP contribution in [0.4, 0.5) is 0 Å². The Kier molecular flexibility index (Phi) is 4.69. The molecule has 0 amide bonds. The molecule has 0 aromatic carbocycles. The molecule has 2 N–H and O–H groups in total. The molecule has 1 atom stereocenters. The molecule has 1 fully saturated rings. The molecular weight excluding hydrogens is 336 g/mol. The summed E-state index contributed by atoms with van der Waals surface area (Å²) in [6, 6.07) is 3.89. The monoisotopic (exact) mass is 360 g/mol. The number of aliphatic hydroxyl groups excluding tert-OH is 1. The van der Waals surface area contributed by atoms with Crippen LogP contribution in [0.25, 0.3) is 0 Å². The lowest BCUT2D eigenvalue weighted by Crippen LogP contribution is -2.18. The maximum atomic E-state index is 12.8. The highest BCUT2D eigenvalue weighted by molar-refractivity contribution is 7.12. The van der Waals surface area contributed by atoms with Crippen LogP contribution in [-0.2, 0) is 19.4 Å². The third-order valence-electron chi connectivity index (χ3n) is 5.44. The summed E-state index contributed by atoms with van der Waals surface area (Å²) in [7, 11) is 0. The van der Waals surface area contributed by atoms with Crippen LogP contribution in [0.3, 0.4) is 0 Å². The minimum atomic E-state index is -0.382. The van der Waals surface area contributed by atoms with Crippen molar-refractivity contribution in [3.63, 3.8) is 0 Å². The van der Waals surface area contributed by atoms with Gasteiger partial charge in [0.15, 0.2) is 0 Å². The van der Waals surface area contributed by atoms with Gasteiger partial charge in [-0.25, -0.2) is 4.79 Å². The number of hydrogen-bond donors (Lipinski definition) is 2. The first-order chi connectivity index (χ1) is 12.2. The molecule has 1 saturated carbocycles. The van der Waals surface area contributed by atoms with Gasteiger partial charge in [0.2, 0.25) is 0 Å². The van der Waals surface area contributed by atoms with Crippen molar-refractivity contribution in [3.05, 3.63) is 49.2 Å². The molecule has 1 unspecified atom stereocenters. The summed E-state index contributed by atoms with van der Waals surface area (Å²) in [5, 5.41) is 20.4. The Balaban J connectivity index is 1.82. The van der Waals surface area contributed by atoms with Crippen molar-refractivity contribution in [2.75, 3.05) is 0 Å². The molecule has 0 radical (unpaired) electrons. The highest BCUT2D eigenvalue weighted by Gasteiger charge is 2.39. The van der Waals surface area contributed by atoms with Crippen LogP contribution < -0.4 is 5.63 Å². The Morgan fingerprint density at radius 1 is 1.16 bits per heavy atom. The SMILES string of the molecule is O=c1oc2c(c(O)c1C(c1ccc(CO)s1)C1CC1)CCCCCC2. The zero-order valence-electron chi connectivity index (χ0n) is 14.3. The van der Waals surface area contributed by atoms with Crippen LogP contribution in [0.5, 0.6) is 5.75 Å². The molecule has 2 aliphatic rings. The zero-order chi connectivity index (χ0) is 17.4. The van der Waals surface area contributed by atoms with Crippen molar-refractivity contribution in [1.29, 1.82) is 0 Å². The Morgan fingerprint density at radius 2 is 1.92 bits per heavy atom. The van der Waals surface area contributed by atoms with E-state index >= 15 is 0 Å². The molecule has 0 bridgehead atoms. The first-order valence-electron chi connectivity index (χ1n) is 9.26. The fourth-order valence-corrected chi connectivity index (χ4v) is 5.06. The Hall–Kier alpha value is -1.59. The van der Waals surface area contributed by atoms with E-state index in [4.69, 9.17) is 4.42 Å². The predicted molar refractivity (Wildman–Crippen MR) is 97.3 cm³/mol. The second kappa shape index (κ2) is 6.96. The minimum absolute atomic E-state index is 0.00678.